The third kappa shape index (κ3) is 35.3. The van der Waals surface area contributed by atoms with Gasteiger partial charge in [0, 0.05) is 6.42 Å². The summed E-state index contributed by atoms with van der Waals surface area (Å²) in [4.78, 5) is 23.1. The molecule has 0 saturated heterocycles. The Kier molecular flexibility index (Phi) is 33.9. The van der Waals surface area contributed by atoms with Crippen molar-refractivity contribution in [2.45, 2.75) is 173 Å². The third-order valence-corrected chi connectivity index (χ3v) is 10.4. The number of phosphoric ester groups is 1. The first-order valence-electron chi connectivity index (χ1n) is 21.5. The van der Waals surface area contributed by atoms with Crippen molar-refractivity contribution in [1.82, 2.24) is 5.32 Å². The highest BCUT2D eigenvalue weighted by Crippen LogP contribution is 2.43. The standard InChI is InChI=1S/C44H81N2O9P/c1-6-8-10-11-12-13-14-15-16-17-18-19-23-27-32-41(48)40(38-55-56(52,53)54-37-36-46(3,4)5)45-44(51)35-29-34-43(50)42(49)33-28-24-21-20-22-26-31-39(47)30-25-9-7-2/h9,20-22,24-26,28,31,33,39-43,47-50H,6-8,10-19,23,27,29-30,32,34-38H2,1-5H3,(H-,45,51,52,53)/p+1/b22-20+,24-21-,25-9-,31-26+,33-28-/t39-,40-,41+,42+,43+/m0/s1. The molecule has 0 aromatic rings. The summed E-state index contributed by atoms with van der Waals surface area (Å²) >= 11 is 0. The summed E-state index contributed by atoms with van der Waals surface area (Å²) in [5.41, 5.74) is 0. The van der Waals surface area contributed by atoms with Crippen LogP contribution in [-0.4, -0.2) is 107 Å². The first kappa shape index (κ1) is 54.1. The zero-order chi connectivity index (χ0) is 41.9. The van der Waals surface area contributed by atoms with Crippen molar-refractivity contribution in [1.29, 1.82) is 0 Å². The molecule has 56 heavy (non-hydrogen) atoms. The van der Waals surface area contributed by atoms with Gasteiger partial charge in [-0.2, -0.15) is 0 Å². The van der Waals surface area contributed by atoms with Crippen molar-refractivity contribution in [3.05, 3.63) is 60.8 Å². The molecule has 326 valence electrons. The monoisotopic (exact) mass is 814 g/mol. The van der Waals surface area contributed by atoms with E-state index in [1.54, 1.807) is 42.5 Å². The van der Waals surface area contributed by atoms with Crippen molar-refractivity contribution in [3.8, 4) is 0 Å². The average Bonchev–Trinajstić information content (AvgIpc) is 3.13. The summed E-state index contributed by atoms with van der Waals surface area (Å²) in [6.45, 7) is 4.39. The summed E-state index contributed by atoms with van der Waals surface area (Å²) in [5, 5.41) is 44.4. The van der Waals surface area contributed by atoms with E-state index in [0.29, 0.717) is 23.9 Å². The number of unbranched alkanes of at least 4 members (excludes halogenated alkanes) is 13. The molecule has 0 spiro atoms. The Morgan fingerprint density at radius 3 is 1.75 bits per heavy atom. The molecule has 0 aliphatic rings. The number of nitrogens with zero attached hydrogens (tertiary/aromatic N) is 1. The molecular formula is C44H82N2O9P+. The van der Waals surface area contributed by atoms with Gasteiger partial charge in [-0.1, -0.05) is 164 Å². The Bertz CT molecular complexity index is 1150. The second kappa shape index (κ2) is 35.1. The maximum Gasteiger partial charge on any atom is 0.472 e. The van der Waals surface area contributed by atoms with Gasteiger partial charge in [-0.05, 0) is 32.1 Å². The summed E-state index contributed by atoms with van der Waals surface area (Å²) < 4.78 is 23.5. The van der Waals surface area contributed by atoms with Crippen LogP contribution in [0.3, 0.4) is 0 Å². The highest BCUT2D eigenvalue weighted by atomic mass is 31.2. The fourth-order valence-electron chi connectivity index (χ4n) is 5.80. The van der Waals surface area contributed by atoms with Gasteiger partial charge < -0.3 is 35.1 Å². The molecule has 0 aromatic carbocycles. The van der Waals surface area contributed by atoms with Crippen LogP contribution in [0.25, 0.3) is 0 Å². The topological polar surface area (TPSA) is 166 Å². The molecule has 0 heterocycles. The Labute approximate surface area is 340 Å². The van der Waals surface area contributed by atoms with Gasteiger partial charge in [0.2, 0.25) is 5.91 Å². The maximum atomic E-state index is 12.9. The van der Waals surface area contributed by atoms with Gasteiger partial charge in [0.15, 0.2) is 0 Å². The van der Waals surface area contributed by atoms with E-state index in [0.717, 1.165) is 32.1 Å². The van der Waals surface area contributed by atoms with Gasteiger partial charge in [0.05, 0.1) is 58.2 Å². The number of allylic oxidation sites excluding steroid dienone is 7. The number of likely N-dealkylation sites (N-methyl/N-ethyl adjacent to an activating group) is 1. The number of carbonyl (C=O) groups is 1. The van der Waals surface area contributed by atoms with Crippen LogP contribution in [0.4, 0.5) is 0 Å². The Morgan fingerprint density at radius 1 is 0.679 bits per heavy atom. The number of quaternary nitrogens is 1. The predicted octanol–water partition coefficient (Wildman–Crippen LogP) is 8.38. The van der Waals surface area contributed by atoms with Crippen molar-refractivity contribution in [2.24, 2.45) is 0 Å². The fraction of sp³-hybridized carbons (Fsp3) is 0.750. The van der Waals surface area contributed by atoms with Crippen molar-refractivity contribution in [3.63, 3.8) is 0 Å². The summed E-state index contributed by atoms with van der Waals surface area (Å²) in [7, 11) is 1.39. The van der Waals surface area contributed by atoms with Gasteiger partial charge in [-0.25, -0.2) is 4.57 Å². The average molecular weight is 814 g/mol. The summed E-state index contributed by atoms with van der Waals surface area (Å²) in [6, 6.07) is -0.922. The minimum atomic E-state index is -4.41. The number of aliphatic hydroxyl groups is 4. The third-order valence-electron chi connectivity index (χ3n) is 9.37. The minimum Gasteiger partial charge on any atom is -0.391 e. The molecule has 0 aliphatic carbocycles. The first-order chi connectivity index (χ1) is 26.7. The van der Waals surface area contributed by atoms with Crippen molar-refractivity contribution < 1.29 is 48.2 Å². The van der Waals surface area contributed by atoms with Gasteiger partial charge in [0.1, 0.15) is 13.2 Å². The van der Waals surface area contributed by atoms with Crippen molar-refractivity contribution in [2.75, 3.05) is 40.9 Å². The normalized spacial score (nSPS) is 16.7. The molecule has 12 heteroatoms. The molecule has 1 unspecified atom stereocenters. The molecule has 0 radical (unpaired) electrons. The zero-order valence-electron chi connectivity index (χ0n) is 35.7. The molecule has 6 atom stereocenters. The smallest absolute Gasteiger partial charge is 0.391 e. The number of hydrogen-bond donors (Lipinski definition) is 6. The molecule has 0 fully saturated rings. The Hall–Kier alpha value is -1.92. The van der Waals surface area contributed by atoms with Gasteiger partial charge in [-0.15, -0.1) is 0 Å². The predicted molar refractivity (Wildman–Crippen MR) is 230 cm³/mol. The number of rotatable bonds is 37. The van der Waals surface area contributed by atoms with E-state index in [-0.39, 0.29) is 25.9 Å². The zero-order valence-corrected chi connectivity index (χ0v) is 36.6. The number of phosphoric acid groups is 1. The number of aliphatic hydroxyl groups excluding tert-OH is 4. The summed E-state index contributed by atoms with van der Waals surface area (Å²) in [5.74, 6) is -0.400. The van der Waals surface area contributed by atoms with Crippen LogP contribution in [0.15, 0.2) is 60.8 Å². The van der Waals surface area contributed by atoms with Crippen LogP contribution in [0.1, 0.15) is 142 Å². The highest BCUT2D eigenvalue weighted by molar-refractivity contribution is 7.47. The quantitative estimate of drug-likeness (QED) is 0.0119. The lowest BCUT2D eigenvalue weighted by Gasteiger charge is -2.26. The van der Waals surface area contributed by atoms with E-state index in [2.05, 4.69) is 12.2 Å². The van der Waals surface area contributed by atoms with Crippen LogP contribution >= 0.6 is 7.82 Å². The van der Waals surface area contributed by atoms with Crippen LogP contribution in [-0.2, 0) is 18.4 Å². The van der Waals surface area contributed by atoms with E-state index < -0.39 is 50.8 Å². The van der Waals surface area contributed by atoms with Crippen LogP contribution in [0.5, 0.6) is 0 Å². The number of amides is 1. The molecule has 11 nitrogen and oxygen atoms in total. The van der Waals surface area contributed by atoms with E-state index in [1.807, 2.05) is 40.2 Å². The molecule has 1 amide bonds. The molecule has 0 rings (SSSR count). The lowest BCUT2D eigenvalue weighted by molar-refractivity contribution is -0.870. The van der Waals surface area contributed by atoms with E-state index in [1.165, 1.54) is 70.3 Å². The van der Waals surface area contributed by atoms with Gasteiger partial charge in [0.25, 0.3) is 0 Å². The maximum absolute atomic E-state index is 12.9. The minimum absolute atomic E-state index is 0.00754. The fourth-order valence-corrected chi connectivity index (χ4v) is 6.53. The van der Waals surface area contributed by atoms with E-state index in [4.69, 9.17) is 9.05 Å². The van der Waals surface area contributed by atoms with E-state index in [9.17, 15) is 34.7 Å². The van der Waals surface area contributed by atoms with Gasteiger partial charge in [-0.3, -0.25) is 13.8 Å². The highest BCUT2D eigenvalue weighted by Gasteiger charge is 2.28. The van der Waals surface area contributed by atoms with Crippen LogP contribution in [0.2, 0.25) is 0 Å². The molecule has 6 N–H and O–H groups in total. The first-order valence-corrected chi connectivity index (χ1v) is 23.0. The Morgan fingerprint density at radius 2 is 1.20 bits per heavy atom. The van der Waals surface area contributed by atoms with Gasteiger partial charge >= 0.3 is 7.82 Å². The second-order valence-corrected chi connectivity index (χ2v) is 17.4. The number of carbonyl (C=O) groups excluding carboxylic acids is 1. The summed E-state index contributed by atoms with van der Waals surface area (Å²) in [6.07, 6.45) is 33.2. The molecule has 0 aromatic heterocycles. The van der Waals surface area contributed by atoms with Crippen molar-refractivity contribution >= 4 is 13.7 Å². The Balaban J connectivity index is 4.78. The van der Waals surface area contributed by atoms with Crippen LogP contribution in [0, 0.1) is 0 Å². The lowest BCUT2D eigenvalue weighted by atomic mass is 10.0. The number of nitrogens with one attached hydrogen (secondary N) is 1. The van der Waals surface area contributed by atoms with Crippen LogP contribution < -0.4 is 5.32 Å². The van der Waals surface area contributed by atoms with E-state index >= 15 is 0 Å². The number of hydrogen-bond acceptors (Lipinski definition) is 8. The SMILES string of the molecule is CC/C=C\C[C@H](O)/C=C/C=C/C=C\C=C/[C@@H](O)[C@H](O)CCCC(=O)N[C@@H](COP(=O)(O)OCC[N+](C)(C)C)[C@H](O)CCCCCCCCCCCCCCCC. The molecule has 0 aliphatic heterocycles. The molecular weight excluding hydrogens is 731 g/mol. The molecule has 0 bridgehead atoms. The second-order valence-electron chi connectivity index (χ2n) is 15.9. The lowest BCUT2D eigenvalue weighted by Crippen LogP contribution is -2.46. The largest absolute Gasteiger partial charge is 0.472 e. The molecule has 0 saturated carbocycles.